The van der Waals surface area contributed by atoms with Crippen molar-refractivity contribution < 1.29 is 80.5 Å². The highest BCUT2D eigenvalue weighted by atomic mass is 19.4. The highest BCUT2D eigenvalue weighted by Gasteiger charge is 2.95. The number of alkyl halides is 15. The highest BCUT2D eigenvalue weighted by molar-refractivity contribution is 5.86. The normalized spacial score (nSPS) is 16.0. The van der Waals surface area contributed by atoms with Crippen LogP contribution in [0.2, 0.25) is 0 Å². The molecule has 3 nitrogen and oxygen atoms in total. The second-order valence-corrected chi connectivity index (χ2v) is 6.32. The van der Waals surface area contributed by atoms with Gasteiger partial charge in [0.2, 0.25) is 0 Å². The summed E-state index contributed by atoms with van der Waals surface area (Å²) in [5, 5.41) is 9.08. The van der Waals surface area contributed by atoms with Crippen LogP contribution in [0.5, 0.6) is 0 Å². The molecule has 0 saturated heterocycles. The van der Waals surface area contributed by atoms with E-state index >= 15 is 0 Å². The number of esters is 1. The van der Waals surface area contributed by atoms with Crippen molar-refractivity contribution in [2.45, 2.75) is 61.2 Å². The number of hydrogen-bond donors (Lipinski definition) is 1. The first kappa shape index (κ1) is 30.1. The maximum atomic E-state index is 13.6. The van der Waals surface area contributed by atoms with Crippen LogP contribution < -0.4 is 0 Å². The fourth-order valence-corrected chi connectivity index (χ4v) is 1.94. The van der Waals surface area contributed by atoms with Gasteiger partial charge in [0.25, 0.3) is 0 Å². The second-order valence-electron chi connectivity index (χ2n) is 6.32. The molecule has 0 aromatic heterocycles. The standard InChI is InChI=1S/C14H11F15O3/c1-5(2)7(31)32-4-6(30)3-8(15,16)10(18,19)12(22,23)11(20,21)9(17,13(24,25)26)14(27,28)29/h6,30H,1,3-4H2,2H3/t6-/m0/s1. The molecular formula is C14H11F15O3. The van der Waals surface area contributed by atoms with Crippen LogP contribution in [0.25, 0.3) is 0 Å². The predicted octanol–water partition coefficient (Wildman–Crippen LogP) is 5.23. The van der Waals surface area contributed by atoms with Gasteiger partial charge in [0, 0.05) is 12.0 Å². The van der Waals surface area contributed by atoms with E-state index in [1.807, 2.05) is 0 Å². The summed E-state index contributed by atoms with van der Waals surface area (Å²) in [5.74, 6) is -32.8. The SMILES string of the molecule is C=C(C)C(=O)OC[C@@H](O)CC(F)(F)C(F)(F)C(F)(F)C(F)(F)C(F)(C(F)(F)F)C(F)(F)F. The van der Waals surface area contributed by atoms with Crippen LogP contribution in [0.15, 0.2) is 12.2 Å². The average Bonchev–Trinajstić information content (AvgIpc) is 2.55. The Morgan fingerprint density at radius 3 is 1.47 bits per heavy atom. The molecule has 0 fully saturated rings. The van der Waals surface area contributed by atoms with E-state index in [9.17, 15) is 70.7 Å². The number of aliphatic hydroxyl groups excluding tert-OH is 1. The van der Waals surface area contributed by atoms with Gasteiger partial charge >= 0.3 is 47.7 Å². The summed E-state index contributed by atoms with van der Waals surface area (Å²) in [5.41, 5.74) is -8.84. The summed E-state index contributed by atoms with van der Waals surface area (Å²) in [6.07, 6.45) is -22.1. The Morgan fingerprint density at radius 1 is 0.781 bits per heavy atom. The van der Waals surface area contributed by atoms with Crippen LogP contribution in [0.3, 0.4) is 0 Å². The number of carbonyl (C=O) groups is 1. The number of hydrogen-bond acceptors (Lipinski definition) is 3. The molecule has 1 atom stereocenters. The fraction of sp³-hybridized carbons (Fsp3) is 0.786. The number of rotatable bonds is 9. The molecule has 0 heterocycles. The van der Waals surface area contributed by atoms with Gasteiger partial charge in [-0.1, -0.05) is 6.58 Å². The lowest BCUT2D eigenvalue weighted by atomic mass is 9.85. The van der Waals surface area contributed by atoms with Crippen molar-refractivity contribution in [3.63, 3.8) is 0 Å². The summed E-state index contributed by atoms with van der Waals surface area (Å²) in [7, 11) is 0. The molecule has 0 spiro atoms. The average molecular weight is 512 g/mol. The smallest absolute Gasteiger partial charge is 0.438 e. The van der Waals surface area contributed by atoms with Gasteiger partial charge in [-0.15, -0.1) is 0 Å². The Balaban J connectivity index is 6.25. The summed E-state index contributed by atoms with van der Waals surface area (Å²) in [4.78, 5) is 11.0. The predicted molar refractivity (Wildman–Crippen MR) is 72.1 cm³/mol. The molecular weight excluding hydrogens is 501 g/mol. The molecule has 0 rings (SSSR count). The molecule has 0 saturated carbocycles. The number of ether oxygens (including phenoxy) is 1. The molecule has 0 aromatic rings. The zero-order valence-corrected chi connectivity index (χ0v) is 15.1. The van der Waals surface area contributed by atoms with Gasteiger partial charge in [0.05, 0.1) is 6.10 Å². The van der Waals surface area contributed by atoms with E-state index in [4.69, 9.17) is 5.11 Å². The van der Waals surface area contributed by atoms with Crippen molar-refractivity contribution in [3.8, 4) is 0 Å². The molecule has 0 aliphatic rings. The third kappa shape index (κ3) is 4.73. The van der Waals surface area contributed by atoms with Crippen molar-refractivity contribution >= 4 is 5.97 Å². The van der Waals surface area contributed by atoms with E-state index in [0.29, 0.717) is 0 Å². The maximum Gasteiger partial charge on any atom is 0.438 e. The zero-order valence-electron chi connectivity index (χ0n) is 15.1. The lowest BCUT2D eigenvalue weighted by Gasteiger charge is -2.43. The minimum Gasteiger partial charge on any atom is -0.460 e. The van der Waals surface area contributed by atoms with E-state index in [2.05, 4.69) is 11.3 Å². The largest absolute Gasteiger partial charge is 0.460 e. The molecule has 0 radical (unpaired) electrons. The molecule has 0 amide bonds. The second kappa shape index (κ2) is 8.48. The van der Waals surface area contributed by atoms with Crippen molar-refractivity contribution in [2.75, 3.05) is 6.61 Å². The molecule has 0 aliphatic carbocycles. The first-order chi connectivity index (χ1) is 13.7. The number of halogens is 15. The van der Waals surface area contributed by atoms with Crippen LogP contribution in [-0.2, 0) is 9.53 Å². The third-order valence-corrected chi connectivity index (χ3v) is 3.71. The van der Waals surface area contributed by atoms with Crippen molar-refractivity contribution in [2.24, 2.45) is 0 Å². The van der Waals surface area contributed by atoms with E-state index in [1.54, 1.807) is 0 Å². The Labute approximate surface area is 167 Å². The van der Waals surface area contributed by atoms with E-state index in [1.165, 1.54) is 0 Å². The molecule has 190 valence electrons. The van der Waals surface area contributed by atoms with E-state index < -0.39 is 72.4 Å². The summed E-state index contributed by atoms with van der Waals surface area (Å²) in [6.45, 7) is 2.21. The van der Waals surface area contributed by atoms with Crippen LogP contribution in [0, 0.1) is 0 Å². The van der Waals surface area contributed by atoms with Gasteiger partial charge < -0.3 is 9.84 Å². The molecule has 0 unspecified atom stereocenters. The molecule has 18 heteroatoms. The van der Waals surface area contributed by atoms with Crippen molar-refractivity contribution in [3.05, 3.63) is 12.2 Å². The zero-order chi connectivity index (χ0) is 26.4. The lowest BCUT2D eigenvalue weighted by molar-refractivity contribution is -0.457. The van der Waals surface area contributed by atoms with Crippen LogP contribution in [0.1, 0.15) is 13.3 Å². The van der Waals surface area contributed by atoms with Gasteiger partial charge in [-0.25, -0.2) is 9.18 Å². The summed E-state index contributed by atoms with van der Waals surface area (Å²) >= 11 is 0. The van der Waals surface area contributed by atoms with Gasteiger partial charge in [-0.05, 0) is 6.92 Å². The quantitative estimate of drug-likeness (QED) is 0.262. The Bertz CT molecular complexity index is 693. The fourth-order valence-electron chi connectivity index (χ4n) is 1.94. The summed E-state index contributed by atoms with van der Waals surface area (Å²) < 4.78 is 199. The third-order valence-electron chi connectivity index (χ3n) is 3.71. The highest BCUT2D eigenvalue weighted by Crippen LogP contribution is 2.64. The molecule has 0 bridgehead atoms. The molecule has 32 heavy (non-hydrogen) atoms. The Morgan fingerprint density at radius 2 is 1.16 bits per heavy atom. The monoisotopic (exact) mass is 512 g/mol. The van der Waals surface area contributed by atoms with Crippen molar-refractivity contribution in [1.82, 2.24) is 0 Å². The van der Waals surface area contributed by atoms with Crippen molar-refractivity contribution in [1.29, 1.82) is 0 Å². The molecule has 0 aromatic carbocycles. The Kier molecular flexibility index (Phi) is 7.98. The van der Waals surface area contributed by atoms with Crippen LogP contribution in [0.4, 0.5) is 65.9 Å². The summed E-state index contributed by atoms with van der Waals surface area (Å²) in [6, 6.07) is 0. The number of aliphatic hydroxyl groups is 1. The molecule has 0 aliphatic heterocycles. The number of carbonyl (C=O) groups excluding carboxylic acids is 1. The van der Waals surface area contributed by atoms with Crippen LogP contribution in [-0.4, -0.2) is 65.5 Å². The first-order valence-corrected chi connectivity index (χ1v) is 7.56. The van der Waals surface area contributed by atoms with Crippen LogP contribution >= 0.6 is 0 Å². The first-order valence-electron chi connectivity index (χ1n) is 7.56. The minimum absolute atomic E-state index is 0.459. The molecule has 1 N–H and O–H groups in total. The van der Waals surface area contributed by atoms with E-state index in [-0.39, 0.29) is 0 Å². The van der Waals surface area contributed by atoms with Gasteiger partial charge in [0.1, 0.15) is 6.61 Å². The van der Waals surface area contributed by atoms with Gasteiger partial charge in [-0.3, -0.25) is 0 Å². The Hall–Kier alpha value is -1.88. The van der Waals surface area contributed by atoms with Gasteiger partial charge in [0.15, 0.2) is 0 Å². The van der Waals surface area contributed by atoms with E-state index in [0.717, 1.165) is 6.92 Å². The topological polar surface area (TPSA) is 46.5 Å². The van der Waals surface area contributed by atoms with Gasteiger partial charge in [-0.2, -0.15) is 61.5 Å². The lowest BCUT2D eigenvalue weighted by Crippen LogP contribution is -2.75. The maximum absolute atomic E-state index is 13.6. The minimum atomic E-state index is -8.53.